The third kappa shape index (κ3) is 3.94. The summed E-state index contributed by atoms with van der Waals surface area (Å²) in [5.74, 6) is 2.41. The molecule has 0 saturated carbocycles. The monoisotopic (exact) mass is 349 g/mol. The van der Waals surface area contributed by atoms with Gasteiger partial charge < -0.3 is 10.1 Å². The van der Waals surface area contributed by atoms with Crippen LogP contribution >= 0.6 is 15.9 Å². The van der Waals surface area contributed by atoms with Crippen LogP contribution in [0.1, 0.15) is 32.2 Å². The molecule has 0 radical (unpaired) electrons. The molecule has 0 atom stereocenters. The molecule has 0 saturated heterocycles. The van der Waals surface area contributed by atoms with Crippen LogP contribution in [0.5, 0.6) is 5.75 Å². The average Bonchev–Trinajstić information content (AvgIpc) is 2.39. The van der Waals surface area contributed by atoms with Crippen LogP contribution in [0.25, 0.3) is 0 Å². The summed E-state index contributed by atoms with van der Waals surface area (Å²) in [6.45, 7) is 8.32. The Morgan fingerprint density at radius 3 is 2.43 bits per heavy atom. The molecule has 0 bridgehead atoms. The predicted octanol–water partition coefficient (Wildman–Crippen LogP) is 4.60. The Hall–Kier alpha value is -1.62. The molecule has 1 heterocycles. The van der Waals surface area contributed by atoms with Gasteiger partial charge in [-0.25, -0.2) is 9.97 Å². The third-order valence-corrected chi connectivity index (χ3v) is 3.47. The zero-order valence-electron chi connectivity index (χ0n) is 13.0. The summed E-state index contributed by atoms with van der Waals surface area (Å²) in [5, 5.41) is 3.34. The molecule has 0 aliphatic heterocycles. The summed E-state index contributed by atoms with van der Waals surface area (Å²) < 4.78 is 6.00. The first-order valence-corrected chi connectivity index (χ1v) is 7.55. The van der Waals surface area contributed by atoms with E-state index in [9.17, 15) is 0 Å². The molecule has 1 aromatic heterocycles. The van der Waals surface area contributed by atoms with Crippen LogP contribution in [0.15, 0.2) is 28.9 Å². The van der Waals surface area contributed by atoms with Gasteiger partial charge >= 0.3 is 0 Å². The number of nitrogens with one attached hydrogen (secondary N) is 1. The highest BCUT2D eigenvalue weighted by molar-refractivity contribution is 9.10. The fraction of sp³-hybridized carbons (Fsp3) is 0.375. The van der Waals surface area contributed by atoms with Gasteiger partial charge in [0.05, 0.1) is 7.11 Å². The number of methoxy groups -OCH3 is 1. The maximum Gasteiger partial charge on any atom is 0.137 e. The number of halogens is 1. The van der Waals surface area contributed by atoms with Gasteiger partial charge in [0.15, 0.2) is 0 Å². The summed E-state index contributed by atoms with van der Waals surface area (Å²) >= 11 is 3.45. The van der Waals surface area contributed by atoms with Gasteiger partial charge in [-0.3, -0.25) is 0 Å². The summed E-state index contributed by atoms with van der Waals surface area (Å²) in [5.41, 5.74) is 2.00. The zero-order valence-corrected chi connectivity index (χ0v) is 14.6. The highest BCUT2D eigenvalue weighted by Crippen LogP contribution is 2.27. The van der Waals surface area contributed by atoms with Crippen LogP contribution < -0.4 is 10.1 Å². The number of ether oxygens (including phenoxy) is 1. The molecule has 21 heavy (non-hydrogen) atoms. The van der Waals surface area contributed by atoms with Crippen LogP contribution in [-0.4, -0.2) is 17.1 Å². The normalized spacial score (nSPS) is 11.3. The van der Waals surface area contributed by atoms with E-state index in [0.29, 0.717) is 0 Å². The molecule has 2 rings (SSSR count). The minimum atomic E-state index is -0.102. The maximum absolute atomic E-state index is 5.22. The van der Waals surface area contributed by atoms with Crippen molar-refractivity contribution in [3.63, 3.8) is 0 Å². The van der Waals surface area contributed by atoms with Crippen molar-refractivity contribution >= 4 is 27.4 Å². The Labute approximate surface area is 134 Å². The molecule has 0 aliphatic rings. The summed E-state index contributed by atoms with van der Waals surface area (Å²) in [6, 6.07) is 7.78. The second-order valence-corrected chi connectivity index (χ2v) is 6.77. The number of hydrogen-bond donors (Lipinski definition) is 1. The van der Waals surface area contributed by atoms with E-state index >= 15 is 0 Å². The fourth-order valence-electron chi connectivity index (χ4n) is 1.86. The third-order valence-electron chi connectivity index (χ3n) is 3.06. The Morgan fingerprint density at radius 2 is 1.86 bits per heavy atom. The van der Waals surface area contributed by atoms with Crippen molar-refractivity contribution in [2.45, 2.75) is 33.1 Å². The van der Waals surface area contributed by atoms with Crippen molar-refractivity contribution in [1.82, 2.24) is 9.97 Å². The molecule has 0 spiro atoms. The Kier molecular flexibility index (Phi) is 4.52. The fourth-order valence-corrected chi connectivity index (χ4v) is 2.24. The predicted molar refractivity (Wildman–Crippen MR) is 89.4 cm³/mol. The summed E-state index contributed by atoms with van der Waals surface area (Å²) in [6.07, 6.45) is 0. The summed E-state index contributed by atoms with van der Waals surface area (Å²) in [4.78, 5) is 9.04. The topological polar surface area (TPSA) is 47.0 Å². The second-order valence-electron chi connectivity index (χ2n) is 5.96. The van der Waals surface area contributed by atoms with E-state index < -0.39 is 0 Å². The van der Waals surface area contributed by atoms with E-state index in [1.165, 1.54) is 0 Å². The molecular formula is C16H20BrN3O. The van der Waals surface area contributed by atoms with Gasteiger partial charge in [-0.1, -0.05) is 20.8 Å². The molecule has 0 aliphatic carbocycles. The molecule has 1 N–H and O–H groups in total. The van der Waals surface area contributed by atoms with Crippen LogP contribution in [0.2, 0.25) is 0 Å². The minimum absolute atomic E-state index is 0.102. The number of anilines is 2. The second kappa shape index (κ2) is 6.02. The molecule has 2 aromatic rings. The van der Waals surface area contributed by atoms with Gasteiger partial charge in [0.2, 0.25) is 0 Å². The SMILES string of the molecule is COc1ccc(Nc2cc(Br)nc(C(C)(C)C)n2)c(C)c1. The van der Waals surface area contributed by atoms with E-state index in [4.69, 9.17) is 4.74 Å². The molecule has 0 unspecified atom stereocenters. The number of aryl methyl sites for hydroxylation is 1. The van der Waals surface area contributed by atoms with Gasteiger partial charge in [-0.15, -0.1) is 0 Å². The van der Waals surface area contributed by atoms with Crippen molar-refractivity contribution in [2.24, 2.45) is 0 Å². The Morgan fingerprint density at radius 1 is 1.14 bits per heavy atom. The molecule has 1 aromatic carbocycles. The standard InChI is InChI=1S/C16H20BrN3O/c1-10-8-11(21-5)6-7-12(10)18-14-9-13(17)19-15(20-14)16(2,3)4/h6-9H,1-5H3,(H,18,19,20). The van der Waals surface area contributed by atoms with Crippen molar-refractivity contribution in [1.29, 1.82) is 0 Å². The lowest BCUT2D eigenvalue weighted by molar-refractivity contribution is 0.414. The average molecular weight is 350 g/mol. The van der Waals surface area contributed by atoms with Gasteiger partial charge in [-0.05, 0) is 46.6 Å². The van der Waals surface area contributed by atoms with Crippen LogP contribution in [0, 0.1) is 6.92 Å². The summed E-state index contributed by atoms with van der Waals surface area (Å²) in [7, 11) is 1.67. The highest BCUT2D eigenvalue weighted by atomic mass is 79.9. The number of hydrogen-bond acceptors (Lipinski definition) is 4. The minimum Gasteiger partial charge on any atom is -0.497 e. The quantitative estimate of drug-likeness (QED) is 0.822. The van der Waals surface area contributed by atoms with Gasteiger partial charge in [0.25, 0.3) is 0 Å². The largest absolute Gasteiger partial charge is 0.497 e. The molecule has 4 nitrogen and oxygen atoms in total. The molecule has 112 valence electrons. The maximum atomic E-state index is 5.22. The van der Waals surface area contributed by atoms with Crippen LogP contribution in [0.3, 0.4) is 0 Å². The van der Waals surface area contributed by atoms with E-state index in [-0.39, 0.29) is 5.41 Å². The van der Waals surface area contributed by atoms with Gasteiger partial charge in [-0.2, -0.15) is 0 Å². The number of rotatable bonds is 3. The lowest BCUT2D eigenvalue weighted by Crippen LogP contribution is -2.17. The highest BCUT2D eigenvalue weighted by Gasteiger charge is 2.18. The zero-order chi connectivity index (χ0) is 15.6. The Bertz CT molecular complexity index is 650. The molecule has 0 amide bonds. The van der Waals surface area contributed by atoms with Crippen LogP contribution in [0.4, 0.5) is 11.5 Å². The van der Waals surface area contributed by atoms with Gasteiger partial charge in [0, 0.05) is 17.2 Å². The molecular weight excluding hydrogens is 330 g/mol. The first-order chi connectivity index (χ1) is 9.79. The number of nitrogens with zero attached hydrogens (tertiary/aromatic N) is 2. The van der Waals surface area contributed by atoms with E-state index in [2.05, 4.69) is 52.0 Å². The van der Waals surface area contributed by atoms with Crippen molar-refractivity contribution in [3.8, 4) is 5.75 Å². The molecule has 5 heteroatoms. The first kappa shape index (κ1) is 15.8. The van der Waals surface area contributed by atoms with Crippen LogP contribution in [-0.2, 0) is 5.41 Å². The van der Waals surface area contributed by atoms with E-state index in [1.54, 1.807) is 7.11 Å². The molecule has 0 fully saturated rings. The number of benzene rings is 1. The van der Waals surface area contributed by atoms with Gasteiger partial charge in [0.1, 0.15) is 22.0 Å². The smallest absolute Gasteiger partial charge is 0.137 e. The number of aromatic nitrogens is 2. The lowest BCUT2D eigenvalue weighted by atomic mass is 9.96. The lowest BCUT2D eigenvalue weighted by Gasteiger charge is -2.18. The Balaban J connectivity index is 2.33. The van der Waals surface area contributed by atoms with Crippen molar-refractivity contribution in [3.05, 3.63) is 40.3 Å². The van der Waals surface area contributed by atoms with E-state index in [1.807, 2.05) is 31.2 Å². The van der Waals surface area contributed by atoms with Crippen molar-refractivity contribution < 1.29 is 4.74 Å². The first-order valence-electron chi connectivity index (χ1n) is 6.76. The van der Waals surface area contributed by atoms with Crippen molar-refractivity contribution in [2.75, 3.05) is 12.4 Å². The van der Waals surface area contributed by atoms with E-state index in [0.717, 1.165) is 33.2 Å².